The lowest BCUT2D eigenvalue weighted by Crippen LogP contribution is -2.50. The lowest BCUT2D eigenvalue weighted by molar-refractivity contribution is -0.149. The molecule has 2 aromatic carbocycles. The van der Waals surface area contributed by atoms with Gasteiger partial charge >= 0.3 is 5.97 Å². The number of fused-ring (bicyclic) bond motifs is 9. The molecule has 0 aliphatic carbocycles. The summed E-state index contributed by atoms with van der Waals surface area (Å²) < 4.78 is 11.4. The molecule has 6 heteroatoms. The van der Waals surface area contributed by atoms with Crippen molar-refractivity contribution < 1.29 is 19.1 Å². The molecule has 2 aromatic rings. The van der Waals surface area contributed by atoms with Crippen molar-refractivity contribution in [2.75, 3.05) is 19.7 Å². The van der Waals surface area contributed by atoms with E-state index < -0.39 is 12.0 Å². The third kappa shape index (κ3) is 5.98. The van der Waals surface area contributed by atoms with Gasteiger partial charge in [-0.25, -0.2) is 4.79 Å². The summed E-state index contributed by atoms with van der Waals surface area (Å²) in [5, 5.41) is 2.98. The third-order valence-corrected chi connectivity index (χ3v) is 5.91. The van der Waals surface area contributed by atoms with Crippen molar-refractivity contribution in [1.82, 2.24) is 10.2 Å². The third-order valence-electron chi connectivity index (χ3n) is 5.91. The number of carbonyl (C=O) groups excluding carboxylic acids is 2. The zero-order valence-electron chi connectivity index (χ0n) is 18.2. The molecule has 6 nitrogen and oxygen atoms in total. The Morgan fingerprint density at radius 2 is 1.91 bits per heavy atom. The van der Waals surface area contributed by atoms with E-state index in [0.717, 1.165) is 49.2 Å². The Hall–Kier alpha value is -3.12. The van der Waals surface area contributed by atoms with Gasteiger partial charge in [0, 0.05) is 13.0 Å². The zero-order valence-corrected chi connectivity index (χ0v) is 18.2. The molecule has 1 fully saturated rings. The molecule has 168 valence electrons. The molecule has 3 aliphatic heterocycles. The number of esters is 1. The molecule has 32 heavy (non-hydrogen) atoms. The number of ether oxygens (including phenoxy) is 2. The predicted octanol–water partition coefficient (Wildman–Crippen LogP) is 3.26. The summed E-state index contributed by atoms with van der Waals surface area (Å²) in [6, 6.07) is 16.2. The molecule has 3 heterocycles. The molecule has 0 saturated carbocycles. The van der Waals surface area contributed by atoms with E-state index in [1.807, 2.05) is 54.6 Å². The van der Waals surface area contributed by atoms with Crippen LogP contribution in [0, 0.1) is 0 Å². The fraction of sp³-hybridized carbons (Fsp3) is 0.385. The highest BCUT2D eigenvalue weighted by molar-refractivity contribution is 5.88. The number of nitrogens with one attached hydrogen (secondary N) is 1. The molecular weight excluding hydrogens is 404 g/mol. The summed E-state index contributed by atoms with van der Waals surface area (Å²) in [7, 11) is 0. The van der Waals surface area contributed by atoms with E-state index >= 15 is 0 Å². The number of benzene rings is 2. The van der Waals surface area contributed by atoms with E-state index in [-0.39, 0.29) is 18.6 Å². The number of nitrogens with zero attached hydrogens (tertiary/aromatic N) is 1. The van der Waals surface area contributed by atoms with Crippen LogP contribution in [0.2, 0.25) is 0 Å². The average Bonchev–Trinajstić information content (AvgIpc) is 3.29. The summed E-state index contributed by atoms with van der Waals surface area (Å²) in [6.45, 7) is 2.38. The van der Waals surface area contributed by atoms with Crippen LogP contribution >= 0.6 is 0 Å². The van der Waals surface area contributed by atoms with Crippen LogP contribution in [0.1, 0.15) is 30.4 Å². The van der Waals surface area contributed by atoms with Crippen LogP contribution in [0.15, 0.2) is 66.7 Å². The van der Waals surface area contributed by atoms with Gasteiger partial charge in [-0.15, -0.1) is 0 Å². The summed E-state index contributed by atoms with van der Waals surface area (Å²) in [5.41, 5.74) is 1.85. The van der Waals surface area contributed by atoms with Crippen LogP contribution < -0.4 is 10.1 Å². The second kappa shape index (κ2) is 11.0. The number of hydrogen-bond acceptors (Lipinski definition) is 5. The first-order valence-corrected chi connectivity index (χ1v) is 11.3. The smallest absolute Gasteiger partial charge is 0.329 e. The van der Waals surface area contributed by atoms with Gasteiger partial charge in [0.1, 0.15) is 18.4 Å². The van der Waals surface area contributed by atoms with E-state index in [4.69, 9.17) is 9.47 Å². The summed E-state index contributed by atoms with van der Waals surface area (Å²) in [5.74, 6) is 0.263. The van der Waals surface area contributed by atoms with Crippen molar-refractivity contribution >= 4 is 11.9 Å². The highest BCUT2D eigenvalue weighted by Gasteiger charge is 2.33. The zero-order chi connectivity index (χ0) is 22.2. The second-order valence-corrected chi connectivity index (χ2v) is 8.26. The Balaban J connectivity index is 1.51. The lowest BCUT2D eigenvalue weighted by Gasteiger charge is -2.25. The first-order chi connectivity index (χ1) is 15.7. The van der Waals surface area contributed by atoms with Crippen LogP contribution in [0.4, 0.5) is 0 Å². The fourth-order valence-corrected chi connectivity index (χ4v) is 4.16. The van der Waals surface area contributed by atoms with Gasteiger partial charge < -0.3 is 14.8 Å². The van der Waals surface area contributed by atoms with Crippen LogP contribution in [0.3, 0.4) is 0 Å². The van der Waals surface area contributed by atoms with Crippen LogP contribution in [0.25, 0.3) is 0 Å². The molecule has 0 spiro atoms. The van der Waals surface area contributed by atoms with Crippen molar-refractivity contribution in [3.63, 3.8) is 0 Å². The summed E-state index contributed by atoms with van der Waals surface area (Å²) in [6.07, 6.45) is 7.14. The first-order valence-electron chi connectivity index (χ1n) is 11.3. The number of amides is 1. The van der Waals surface area contributed by atoms with Gasteiger partial charge in [0.15, 0.2) is 0 Å². The molecule has 0 aromatic heterocycles. The average molecular weight is 435 g/mol. The van der Waals surface area contributed by atoms with E-state index in [0.29, 0.717) is 13.0 Å². The van der Waals surface area contributed by atoms with Gasteiger partial charge in [0.25, 0.3) is 0 Å². The molecule has 5 rings (SSSR count). The maximum absolute atomic E-state index is 13.1. The molecule has 2 atom stereocenters. The van der Waals surface area contributed by atoms with E-state index in [1.54, 1.807) is 0 Å². The topological polar surface area (TPSA) is 67.9 Å². The van der Waals surface area contributed by atoms with Crippen molar-refractivity contribution in [3.05, 3.63) is 77.9 Å². The van der Waals surface area contributed by atoms with E-state index in [1.165, 1.54) is 0 Å². The van der Waals surface area contributed by atoms with Gasteiger partial charge in [0.2, 0.25) is 5.91 Å². The van der Waals surface area contributed by atoms with Crippen molar-refractivity contribution in [1.29, 1.82) is 0 Å². The molecule has 2 bridgehead atoms. The van der Waals surface area contributed by atoms with Crippen molar-refractivity contribution in [2.24, 2.45) is 0 Å². The number of rotatable bonds is 3. The molecule has 1 amide bonds. The normalized spacial score (nSPS) is 23.1. The highest BCUT2D eigenvalue weighted by Crippen LogP contribution is 2.19. The maximum atomic E-state index is 13.1. The molecule has 3 aliphatic rings. The van der Waals surface area contributed by atoms with Crippen molar-refractivity contribution in [2.45, 2.75) is 44.4 Å². The maximum Gasteiger partial charge on any atom is 0.329 e. The van der Waals surface area contributed by atoms with Crippen molar-refractivity contribution in [3.8, 4) is 5.75 Å². The highest BCUT2D eigenvalue weighted by atomic mass is 16.5. The van der Waals surface area contributed by atoms with Gasteiger partial charge in [-0.05, 0) is 49.1 Å². The lowest BCUT2D eigenvalue weighted by atomic mass is 10.0. The summed E-state index contributed by atoms with van der Waals surface area (Å²) in [4.78, 5) is 28.3. The quantitative estimate of drug-likeness (QED) is 0.593. The fourth-order valence-electron chi connectivity index (χ4n) is 4.16. The van der Waals surface area contributed by atoms with Gasteiger partial charge in [0.05, 0.1) is 12.6 Å². The van der Waals surface area contributed by atoms with Crippen LogP contribution in [-0.4, -0.2) is 48.6 Å². The number of carbonyl (C=O) groups is 2. The minimum Gasteiger partial charge on any atom is -0.493 e. The Bertz CT molecular complexity index is 927. The first kappa shape index (κ1) is 22.1. The second-order valence-electron chi connectivity index (χ2n) is 8.26. The SMILES string of the molecule is O=C(OCc1ccccc1)[C@@H]1Cc2ccc(cc2)OCC/C=C/CN2CCC[C@H]2C(=O)N1. The predicted molar refractivity (Wildman–Crippen MR) is 122 cm³/mol. The molecule has 1 saturated heterocycles. The van der Waals surface area contributed by atoms with Gasteiger partial charge in [-0.3, -0.25) is 9.69 Å². The monoisotopic (exact) mass is 434 g/mol. The Kier molecular flexibility index (Phi) is 7.56. The molecular formula is C26H30N2O4. The Morgan fingerprint density at radius 1 is 1.09 bits per heavy atom. The van der Waals surface area contributed by atoms with E-state index in [9.17, 15) is 9.59 Å². The van der Waals surface area contributed by atoms with Gasteiger partial charge in [-0.2, -0.15) is 0 Å². The summed E-state index contributed by atoms with van der Waals surface area (Å²) >= 11 is 0. The Morgan fingerprint density at radius 3 is 2.72 bits per heavy atom. The molecule has 1 N–H and O–H groups in total. The van der Waals surface area contributed by atoms with Crippen LogP contribution in [-0.2, 0) is 27.4 Å². The minimum atomic E-state index is -0.746. The van der Waals surface area contributed by atoms with Crippen LogP contribution in [0.5, 0.6) is 5.75 Å². The standard InChI is InChI=1S/C26H30N2O4/c29-25-24-10-7-16-28(24)15-5-2-6-17-31-22-13-11-20(12-14-22)18-23(27-25)26(30)32-19-21-8-3-1-4-9-21/h1-5,8-9,11-14,23-24H,6-7,10,15-19H2,(H,27,29)/b5-2+/t23-,24-/m0/s1. The van der Waals surface area contributed by atoms with E-state index in [2.05, 4.69) is 22.4 Å². The largest absolute Gasteiger partial charge is 0.493 e. The molecule has 0 unspecified atom stereocenters. The number of hydrogen-bond donors (Lipinski definition) is 1. The molecule has 0 radical (unpaired) electrons. The van der Waals surface area contributed by atoms with Gasteiger partial charge in [-0.1, -0.05) is 54.6 Å². The Labute approximate surface area is 189 Å². The minimum absolute atomic E-state index is 0.107.